The van der Waals surface area contributed by atoms with Crippen LogP contribution in [0.5, 0.6) is 5.75 Å². The summed E-state index contributed by atoms with van der Waals surface area (Å²) in [4.78, 5) is 19.3. The molecule has 10 heteroatoms. The molecule has 35 heavy (non-hydrogen) atoms. The maximum Gasteiger partial charge on any atom is 0.241 e. The van der Waals surface area contributed by atoms with Crippen molar-refractivity contribution in [3.63, 3.8) is 0 Å². The lowest BCUT2D eigenvalue weighted by molar-refractivity contribution is -0.126. The zero-order chi connectivity index (χ0) is 24.6. The van der Waals surface area contributed by atoms with Gasteiger partial charge < -0.3 is 14.6 Å². The fraction of sp³-hybridized carbons (Fsp3) is 0.400. The van der Waals surface area contributed by atoms with Gasteiger partial charge in [-0.1, -0.05) is 34.4 Å². The molecule has 4 rings (SSSR count). The number of ether oxygens (including phenoxy) is 1. The number of benzene rings is 2. The molecule has 0 radical (unpaired) electrons. The van der Waals surface area contributed by atoms with Crippen molar-refractivity contribution in [1.82, 2.24) is 20.4 Å². The molecule has 1 N–H and O–H groups in total. The number of carbonyl (C=O) groups is 1. The highest BCUT2D eigenvalue weighted by Crippen LogP contribution is 2.25. The van der Waals surface area contributed by atoms with Crippen molar-refractivity contribution < 1.29 is 14.1 Å². The molecule has 0 bridgehead atoms. The summed E-state index contributed by atoms with van der Waals surface area (Å²) in [6.07, 6.45) is 1.64. The first-order valence-electron chi connectivity index (χ1n) is 11.5. The third kappa shape index (κ3) is 7.36. The highest BCUT2D eigenvalue weighted by atomic mass is 35.5. The molecule has 2 heterocycles. The van der Waals surface area contributed by atoms with Crippen molar-refractivity contribution in [1.29, 1.82) is 0 Å². The van der Waals surface area contributed by atoms with Gasteiger partial charge in [0, 0.05) is 29.5 Å². The Labute approximate surface area is 219 Å². The van der Waals surface area contributed by atoms with E-state index >= 15 is 0 Å². The average Bonchev–Trinajstić information content (AvgIpc) is 3.34. The van der Waals surface area contributed by atoms with Gasteiger partial charge in [-0.2, -0.15) is 16.7 Å². The Morgan fingerprint density at radius 2 is 1.94 bits per heavy atom. The van der Waals surface area contributed by atoms with Crippen LogP contribution in [0.3, 0.4) is 0 Å². The minimum absolute atomic E-state index is 0.0452. The van der Waals surface area contributed by atoms with E-state index in [1.165, 1.54) is 0 Å². The average molecular weight is 535 g/mol. The van der Waals surface area contributed by atoms with Crippen LogP contribution >= 0.6 is 35.0 Å². The van der Waals surface area contributed by atoms with Gasteiger partial charge in [-0.15, -0.1) is 0 Å². The van der Waals surface area contributed by atoms with Crippen LogP contribution in [0.4, 0.5) is 0 Å². The van der Waals surface area contributed by atoms with Crippen molar-refractivity contribution in [3.8, 4) is 17.1 Å². The molecule has 1 saturated heterocycles. The largest absolute Gasteiger partial charge is 0.497 e. The van der Waals surface area contributed by atoms with Gasteiger partial charge in [0.2, 0.25) is 17.6 Å². The van der Waals surface area contributed by atoms with Gasteiger partial charge in [0.05, 0.1) is 23.7 Å². The van der Waals surface area contributed by atoms with Crippen LogP contribution < -0.4 is 10.1 Å². The maximum atomic E-state index is 12.6. The third-order valence-electron chi connectivity index (χ3n) is 5.93. The minimum Gasteiger partial charge on any atom is -0.497 e. The Morgan fingerprint density at radius 3 is 2.66 bits per heavy atom. The normalized spacial score (nSPS) is 14.7. The maximum absolute atomic E-state index is 12.6. The van der Waals surface area contributed by atoms with Gasteiger partial charge in [0.25, 0.3) is 0 Å². The van der Waals surface area contributed by atoms with E-state index in [2.05, 4.69) is 20.4 Å². The third-order valence-corrected chi connectivity index (χ3v) is 7.70. The van der Waals surface area contributed by atoms with Gasteiger partial charge in [0.15, 0.2) is 0 Å². The van der Waals surface area contributed by atoms with Crippen LogP contribution in [-0.2, 0) is 17.1 Å². The Bertz CT molecular complexity index is 1120. The second kappa shape index (κ2) is 12.6. The summed E-state index contributed by atoms with van der Waals surface area (Å²) in [6, 6.07) is 13.2. The quantitative estimate of drug-likeness (QED) is 0.352. The molecule has 186 valence electrons. The molecule has 7 nitrogen and oxygen atoms in total. The van der Waals surface area contributed by atoms with Gasteiger partial charge in [-0.05, 0) is 67.9 Å². The van der Waals surface area contributed by atoms with Crippen LogP contribution in [0.1, 0.15) is 24.3 Å². The molecule has 1 fully saturated rings. The highest BCUT2D eigenvalue weighted by molar-refractivity contribution is 7.98. The number of likely N-dealkylation sites (tertiary alicyclic amines) is 1. The molecule has 0 aliphatic carbocycles. The fourth-order valence-corrected chi connectivity index (χ4v) is 5.06. The first kappa shape index (κ1) is 25.8. The first-order valence-corrected chi connectivity index (χ1v) is 13.4. The smallest absolute Gasteiger partial charge is 0.241 e. The van der Waals surface area contributed by atoms with Crippen molar-refractivity contribution in [2.24, 2.45) is 5.92 Å². The fourth-order valence-electron chi connectivity index (χ4n) is 3.93. The van der Waals surface area contributed by atoms with E-state index in [0.29, 0.717) is 34.8 Å². The summed E-state index contributed by atoms with van der Waals surface area (Å²) in [7, 11) is 1.63. The van der Waals surface area contributed by atoms with Crippen LogP contribution in [0.25, 0.3) is 11.4 Å². The number of hydrogen-bond acceptors (Lipinski definition) is 7. The van der Waals surface area contributed by atoms with Crippen molar-refractivity contribution in [3.05, 3.63) is 64.0 Å². The van der Waals surface area contributed by atoms with Gasteiger partial charge in [-0.3, -0.25) is 9.69 Å². The molecule has 0 spiro atoms. The zero-order valence-electron chi connectivity index (χ0n) is 19.5. The van der Waals surface area contributed by atoms with Crippen LogP contribution in [-0.4, -0.2) is 53.4 Å². The number of aromatic nitrogens is 2. The minimum atomic E-state index is 0.0452. The van der Waals surface area contributed by atoms with E-state index in [1.54, 1.807) is 18.9 Å². The molecule has 0 unspecified atom stereocenters. The summed E-state index contributed by atoms with van der Waals surface area (Å²) in [5, 5.41) is 8.31. The Morgan fingerprint density at radius 1 is 1.17 bits per heavy atom. The highest BCUT2D eigenvalue weighted by Gasteiger charge is 2.25. The van der Waals surface area contributed by atoms with E-state index in [0.717, 1.165) is 54.3 Å². The topological polar surface area (TPSA) is 80.5 Å². The van der Waals surface area contributed by atoms with Crippen LogP contribution in [0, 0.1) is 5.92 Å². The lowest BCUT2D eigenvalue weighted by Gasteiger charge is -2.30. The number of thioether (sulfide) groups is 1. The molecule has 0 saturated carbocycles. The second-order valence-electron chi connectivity index (χ2n) is 8.38. The number of methoxy groups -OCH3 is 1. The predicted molar refractivity (Wildman–Crippen MR) is 140 cm³/mol. The van der Waals surface area contributed by atoms with Crippen LogP contribution in [0.15, 0.2) is 47.0 Å². The number of rotatable bonds is 10. The van der Waals surface area contributed by atoms with E-state index in [1.807, 2.05) is 42.5 Å². The molecule has 1 aliphatic rings. The SMILES string of the molecule is COc1ccc(-c2noc(CN3CCC(C(=O)NCCSCc4ccc(Cl)c(Cl)c4)CC3)n2)cc1. The van der Waals surface area contributed by atoms with Crippen molar-refractivity contribution in [2.45, 2.75) is 25.1 Å². The molecule has 1 amide bonds. The summed E-state index contributed by atoms with van der Waals surface area (Å²) in [5.74, 6) is 3.79. The first-order chi connectivity index (χ1) is 17.0. The summed E-state index contributed by atoms with van der Waals surface area (Å²) >= 11 is 13.8. The zero-order valence-corrected chi connectivity index (χ0v) is 21.8. The second-order valence-corrected chi connectivity index (χ2v) is 10.3. The number of amides is 1. The molecular weight excluding hydrogens is 507 g/mol. The lowest BCUT2D eigenvalue weighted by atomic mass is 9.96. The number of piperidine rings is 1. The lowest BCUT2D eigenvalue weighted by Crippen LogP contribution is -2.40. The number of nitrogens with zero attached hydrogens (tertiary/aromatic N) is 3. The van der Waals surface area contributed by atoms with Crippen molar-refractivity contribution >= 4 is 40.9 Å². The number of hydrogen-bond donors (Lipinski definition) is 1. The van der Waals surface area contributed by atoms with Gasteiger partial charge in [0.1, 0.15) is 5.75 Å². The number of halogens is 2. The summed E-state index contributed by atoms with van der Waals surface area (Å²) < 4.78 is 10.6. The predicted octanol–water partition coefficient (Wildman–Crippen LogP) is 5.31. The standard InChI is InChI=1S/C25H28Cl2N4O3S/c1-33-20-5-3-18(4-6-20)24-29-23(34-30-24)15-31-11-8-19(9-12-31)25(32)28-10-13-35-16-17-2-7-21(26)22(27)14-17/h2-7,14,19H,8-13,15-16H2,1H3,(H,28,32). The Hall–Kier alpha value is -2.26. The molecular formula is C25H28Cl2N4O3S. The van der Waals surface area contributed by atoms with Gasteiger partial charge >= 0.3 is 0 Å². The Balaban J connectivity index is 1.14. The molecule has 3 aromatic rings. The molecule has 1 aliphatic heterocycles. The van der Waals surface area contributed by atoms with E-state index in [4.69, 9.17) is 32.5 Å². The molecule has 0 atom stereocenters. The van der Waals surface area contributed by atoms with Gasteiger partial charge in [-0.25, -0.2) is 0 Å². The van der Waals surface area contributed by atoms with E-state index in [-0.39, 0.29) is 11.8 Å². The monoisotopic (exact) mass is 534 g/mol. The molecule has 1 aromatic heterocycles. The number of nitrogens with one attached hydrogen (secondary N) is 1. The Kier molecular flexibility index (Phi) is 9.31. The van der Waals surface area contributed by atoms with Crippen LogP contribution in [0.2, 0.25) is 10.0 Å². The summed E-state index contributed by atoms with van der Waals surface area (Å²) in [6.45, 7) is 2.89. The van der Waals surface area contributed by atoms with Crippen molar-refractivity contribution in [2.75, 3.05) is 32.5 Å². The van der Waals surface area contributed by atoms with E-state index < -0.39 is 0 Å². The number of carbonyl (C=O) groups excluding carboxylic acids is 1. The van der Waals surface area contributed by atoms with E-state index in [9.17, 15) is 4.79 Å². The summed E-state index contributed by atoms with van der Waals surface area (Å²) in [5.41, 5.74) is 2.01. The molecule has 2 aromatic carbocycles.